The largest absolute Gasteiger partial charge is 0.353 e. The Balaban J connectivity index is 1.81. The highest BCUT2D eigenvalue weighted by Gasteiger charge is 2.32. The summed E-state index contributed by atoms with van der Waals surface area (Å²) in [5.41, 5.74) is 0.0327. The van der Waals surface area contributed by atoms with Crippen molar-refractivity contribution in [2.45, 2.75) is 63.5 Å². The van der Waals surface area contributed by atoms with Crippen molar-refractivity contribution in [3.8, 4) is 0 Å². The summed E-state index contributed by atoms with van der Waals surface area (Å²) >= 11 is 1.75. The van der Waals surface area contributed by atoms with Crippen LogP contribution in [0.4, 0.5) is 0 Å². The van der Waals surface area contributed by atoms with Gasteiger partial charge in [0.15, 0.2) is 0 Å². The van der Waals surface area contributed by atoms with Crippen molar-refractivity contribution in [1.29, 1.82) is 0 Å². The van der Waals surface area contributed by atoms with Gasteiger partial charge in [0.2, 0.25) is 5.91 Å². The molecule has 0 radical (unpaired) electrons. The van der Waals surface area contributed by atoms with Crippen molar-refractivity contribution in [3.63, 3.8) is 0 Å². The lowest BCUT2D eigenvalue weighted by atomic mass is 9.79. The average Bonchev–Trinajstić information content (AvgIpc) is 2.92. The van der Waals surface area contributed by atoms with Crippen LogP contribution in [0.25, 0.3) is 0 Å². The zero-order valence-corrected chi connectivity index (χ0v) is 13.4. The second-order valence-electron chi connectivity index (χ2n) is 6.02. The van der Waals surface area contributed by atoms with Crippen molar-refractivity contribution >= 4 is 17.2 Å². The van der Waals surface area contributed by atoms with Crippen LogP contribution in [0.2, 0.25) is 0 Å². The normalized spacial score (nSPS) is 19.5. The van der Waals surface area contributed by atoms with Crippen LogP contribution in [-0.2, 0) is 11.2 Å². The lowest BCUT2D eigenvalue weighted by Crippen LogP contribution is -2.49. The third kappa shape index (κ3) is 4.32. The summed E-state index contributed by atoms with van der Waals surface area (Å²) in [7, 11) is 1.99. The van der Waals surface area contributed by atoms with E-state index in [4.69, 9.17) is 0 Å². The molecule has 0 aromatic carbocycles. The van der Waals surface area contributed by atoms with Gasteiger partial charge >= 0.3 is 0 Å². The zero-order valence-electron chi connectivity index (χ0n) is 12.6. The molecule has 1 aromatic heterocycles. The average molecular weight is 294 g/mol. The number of hydrogen-bond donors (Lipinski definition) is 2. The molecular weight excluding hydrogens is 268 g/mol. The van der Waals surface area contributed by atoms with Crippen LogP contribution in [0.5, 0.6) is 0 Å². The first-order valence-corrected chi connectivity index (χ1v) is 8.52. The Hall–Kier alpha value is -0.870. The summed E-state index contributed by atoms with van der Waals surface area (Å²) in [5.74, 6) is 0.185. The summed E-state index contributed by atoms with van der Waals surface area (Å²) in [6.45, 7) is 2.09. The molecule has 2 N–H and O–H groups in total. The molecule has 3 nitrogen and oxygen atoms in total. The van der Waals surface area contributed by atoms with Crippen LogP contribution >= 0.6 is 11.3 Å². The molecule has 1 aliphatic carbocycles. The van der Waals surface area contributed by atoms with E-state index in [1.807, 2.05) is 7.05 Å². The smallest absolute Gasteiger partial charge is 0.222 e. The number of nitrogens with one attached hydrogen (secondary N) is 2. The Kier molecular flexibility index (Phi) is 5.61. The number of thiophene rings is 1. The van der Waals surface area contributed by atoms with Gasteiger partial charge < -0.3 is 10.6 Å². The zero-order chi connectivity index (χ0) is 14.4. The second kappa shape index (κ2) is 7.23. The SMILES string of the molecule is CNC1(CC(=O)NC(C)Cc2cccs2)CCCCC1. The molecule has 4 heteroatoms. The molecule has 1 aliphatic rings. The minimum absolute atomic E-state index is 0.0327. The fourth-order valence-electron chi connectivity index (χ4n) is 3.16. The third-order valence-electron chi connectivity index (χ3n) is 4.33. The molecule has 0 spiro atoms. The molecule has 0 bridgehead atoms. The van der Waals surface area contributed by atoms with E-state index in [-0.39, 0.29) is 17.5 Å². The Labute approximate surface area is 126 Å². The minimum Gasteiger partial charge on any atom is -0.353 e. The lowest BCUT2D eigenvalue weighted by Gasteiger charge is -2.37. The first kappa shape index (κ1) is 15.5. The molecule has 0 aliphatic heterocycles. The molecule has 1 heterocycles. The summed E-state index contributed by atoms with van der Waals surface area (Å²) in [5, 5.41) is 8.65. The first-order valence-electron chi connectivity index (χ1n) is 7.64. The van der Waals surface area contributed by atoms with Crippen LogP contribution in [0, 0.1) is 0 Å². The highest BCUT2D eigenvalue weighted by atomic mass is 32.1. The highest BCUT2D eigenvalue weighted by Crippen LogP contribution is 2.30. The highest BCUT2D eigenvalue weighted by molar-refractivity contribution is 7.09. The number of carbonyl (C=O) groups is 1. The van der Waals surface area contributed by atoms with Crippen molar-refractivity contribution in [1.82, 2.24) is 10.6 Å². The summed E-state index contributed by atoms with van der Waals surface area (Å²) in [6.07, 6.45) is 7.55. The molecule has 1 saturated carbocycles. The Morgan fingerprint density at radius 3 is 2.75 bits per heavy atom. The number of amides is 1. The van der Waals surface area contributed by atoms with Crippen LogP contribution in [0.15, 0.2) is 17.5 Å². The molecule has 1 unspecified atom stereocenters. The van der Waals surface area contributed by atoms with Gasteiger partial charge in [-0.2, -0.15) is 0 Å². The molecule has 0 saturated heterocycles. The fourth-order valence-corrected chi connectivity index (χ4v) is 3.99. The number of carbonyl (C=O) groups excluding carboxylic acids is 1. The first-order chi connectivity index (χ1) is 9.63. The quantitative estimate of drug-likeness (QED) is 0.846. The van der Waals surface area contributed by atoms with Gasteiger partial charge in [-0.3, -0.25) is 4.79 Å². The van der Waals surface area contributed by atoms with Crippen molar-refractivity contribution < 1.29 is 4.79 Å². The van der Waals surface area contributed by atoms with Gasteiger partial charge in [0.05, 0.1) is 0 Å². The van der Waals surface area contributed by atoms with E-state index >= 15 is 0 Å². The van der Waals surface area contributed by atoms with Crippen molar-refractivity contribution in [3.05, 3.63) is 22.4 Å². The molecule has 112 valence electrons. The molecule has 1 amide bonds. The van der Waals surface area contributed by atoms with Gasteiger partial charge in [0, 0.05) is 29.3 Å². The molecule has 20 heavy (non-hydrogen) atoms. The Bertz CT molecular complexity index is 410. The van der Waals surface area contributed by atoms with E-state index in [0.717, 1.165) is 19.3 Å². The van der Waals surface area contributed by atoms with E-state index in [9.17, 15) is 4.79 Å². The van der Waals surface area contributed by atoms with E-state index in [0.29, 0.717) is 6.42 Å². The van der Waals surface area contributed by atoms with Crippen LogP contribution in [-0.4, -0.2) is 24.5 Å². The number of hydrogen-bond acceptors (Lipinski definition) is 3. The summed E-state index contributed by atoms with van der Waals surface area (Å²) in [4.78, 5) is 13.6. The topological polar surface area (TPSA) is 41.1 Å². The maximum atomic E-state index is 12.3. The maximum absolute atomic E-state index is 12.3. The van der Waals surface area contributed by atoms with Gasteiger partial charge in [0.1, 0.15) is 0 Å². The van der Waals surface area contributed by atoms with Gasteiger partial charge in [-0.25, -0.2) is 0 Å². The monoisotopic (exact) mass is 294 g/mol. The summed E-state index contributed by atoms with van der Waals surface area (Å²) in [6, 6.07) is 4.40. The molecule has 2 rings (SSSR count). The summed E-state index contributed by atoms with van der Waals surface area (Å²) < 4.78 is 0. The van der Waals surface area contributed by atoms with Crippen molar-refractivity contribution in [2.24, 2.45) is 0 Å². The van der Waals surface area contributed by atoms with E-state index in [1.54, 1.807) is 11.3 Å². The molecule has 1 atom stereocenters. The molecule has 1 aromatic rings. The van der Waals surface area contributed by atoms with E-state index in [1.165, 1.54) is 24.1 Å². The lowest BCUT2D eigenvalue weighted by molar-refractivity contribution is -0.123. The Morgan fingerprint density at radius 2 is 2.15 bits per heavy atom. The van der Waals surface area contributed by atoms with Gasteiger partial charge in [-0.05, 0) is 38.3 Å². The van der Waals surface area contributed by atoms with Crippen LogP contribution < -0.4 is 10.6 Å². The van der Waals surface area contributed by atoms with Gasteiger partial charge in [-0.1, -0.05) is 25.3 Å². The van der Waals surface area contributed by atoms with E-state index < -0.39 is 0 Å². The van der Waals surface area contributed by atoms with Gasteiger partial charge in [0.25, 0.3) is 0 Å². The van der Waals surface area contributed by atoms with E-state index in [2.05, 4.69) is 35.1 Å². The predicted molar refractivity (Wildman–Crippen MR) is 85.1 cm³/mol. The third-order valence-corrected chi connectivity index (χ3v) is 5.23. The molecular formula is C16H26N2OS. The standard InChI is InChI=1S/C16H26N2OS/c1-13(11-14-7-6-10-20-14)18-15(19)12-16(17-2)8-4-3-5-9-16/h6-7,10,13,17H,3-5,8-9,11-12H2,1-2H3,(H,18,19). The van der Waals surface area contributed by atoms with Gasteiger partial charge in [-0.15, -0.1) is 11.3 Å². The molecule has 1 fully saturated rings. The Morgan fingerprint density at radius 1 is 1.40 bits per heavy atom. The minimum atomic E-state index is 0.0327. The van der Waals surface area contributed by atoms with Crippen LogP contribution in [0.3, 0.4) is 0 Å². The van der Waals surface area contributed by atoms with Crippen molar-refractivity contribution in [2.75, 3.05) is 7.05 Å². The predicted octanol–water partition coefficient (Wildman–Crippen LogP) is 3.11. The number of rotatable bonds is 6. The fraction of sp³-hybridized carbons (Fsp3) is 0.688. The van der Waals surface area contributed by atoms with Crippen LogP contribution in [0.1, 0.15) is 50.3 Å². The second-order valence-corrected chi connectivity index (χ2v) is 7.05. The maximum Gasteiger partial charge on any atom is 0.222 e.